The van der Waals surface area contributed by atoms with E-state index in [1.807, 2.05) is 0 Å². The Labute approximate surface area is 240 Å². The minimum absolute atomic E-state index is 0.111. The maximum Gasteiger partial charge on any atom is 0.339 e. The highest BCUT2D eigenvalue weighted by Crippen LogP contribution is 2.33. The molecule has 0 saturated carbocycles. The summed E-state index contributed by atoms with van der Waals surface area (Å²) in [5.74, 6) is 0.0987. The van der Waals surface area contributed by atoms with Gasteiger partial charge in [0.15, 0.2) is 6.61 Å². The number of nitrogens with one attached hydrogen (secondary N) is 1. The molecule has 1 fully saturated rings. The summed E-state index contributed by atoms with van der Waals surface area (Å²) >= 11 is 0. The third-order valence-electron chi connectivity index (χ3n) is 7.79. The number of aryl methyl sites for hydroxylation is 2. The van der Waals surface area contributed by atoms with Crippen LogP contribution in [0.1, 0.15) is 62.1 Å². The predicted molar refractivity (Wildman–Crippen MR) is 157 cm³/mol. The van der Waals surface area contributed by atoms with E-state index in [0.717, 1.165) is 79.9 Å². The molecular weight excluding hydrogens is 544 g/mol. The van der Waals surface area contributed by atoms with E-state index in [-0.39, 0.29) is 17.1 Å². The van der Waals surface area contributed by atoms with Gasteiger partial charge in [-0.25, -0.2) is 13.2 Å². The van der Waals surface area contributed by atoms with Crippen LogP contribution in [-0.2, 0) is 38.8 Å². The van der Waals surface area contributed by atoms with E-state index in [9.17, 15) is 18.0 Å². The Bertz CT molecular complexity index is 1560. The van der Waals surface area contributed by atoms with E-state index in [2.05, 4.69) is 18.3 Å². The first-order chi connectivity index (χ1) is 19.9. The number of fused-ring (bicyclic) bond motifs is 3. The van der Waals surface area contributed by atoms with Crippen LogP contribution in [0, 0.1) is 0 Å². The standard InChI is InChI=1S/C31H38N2O7S/c1-2-3-4-5-9-22-18-27-25-12-6-7-13-26(25)31(35)40-29(27)20-28(22)39-21-30(34)32-23-10-8-11-24(19-23)41(36,37)33-14-16-38-17-15-33/h8,10-11,18-20H,2-7,9,12-17,21H2,1H3,(H,32,34). The lowest BCUT2D eigenvalue weighted by Gasteiger charge is -2.26. The predicted octanol–water partition coefficient (Wildman–Crippen LogP) is 4.83. The lowest BCUT2D eigenvalue weighted by Crippen LogP contribution is -2.40. The van der Waals surface area contributed by atoms with Crippen LogP contribution in [0.3, 0.4) is 0 Å². The minimum Gasteiger partial charge on any atom is -0.483 e. The Morgan fingerprint density at radius 1 is 1.02 bits per heavy atom. The lowest BCUT2D eigenvalue weighted by molar-refractivity contribution is -0.118. The number of hydrogen-bond donors (Lipinski definition) is 1. The molecule has 1 aromatic heterocycles. The van der Waals surface area contributed by atoms with Crippen molar-refractivity contribution < 1.29 is 27.1 Å². The molecule has 1 aliphatic carbocycles. The normalized spacial score (nSPS) is 15.9. The molecule has 9 nitrogen and oxygen atoms in total. The van der Waals surface area contributed by atoms with Crippen LogP contribution in [-0.4, -0.2) is 51.5 Å². The average Bonchev–Trinajstić information content (AvgIpc) is 2.99. The Morgan fingerprint density at radius 2 is 1.80 bits per heavy atom. The van der Waals surface area contributed by atoms with E-state index >= 15 is 0 Å². The van der Waals surface area contributed by atoms with Crippen molar-refractivity contribution in [2.24, 2.45) is 0 Å². The maximum absolute atomic E-state index is 13.0. The summed E-state index contributed by atoms with van der Waals surface area (Å²) in [7, 11) is -3.69. The Kier molecular flexibility index (Phi) is 9.42. The molecule has 5 rings (SSSR count). The zero-order valence-electron chi connectivity index (χ0n) is 23.6. The molecule has 220 valence electrons. The molecule has 0 atom stereocenters. The molecule has 2 heterocycles. The fourth-order valence-electron chi connectivity index (χ4n) is 5.60. The third-order valence-corrected chi connectivity index (χ3v) is 9.68. The summed E-state index contributed by atoms with van der Waals surface area (Å²) in [6, 6.07) is 10.0. The number of morpholine rings is 1. The summed E-state index contributed by atoms with van der Waals surface area (Å²) in [6.45, 7) is 3.20. The molecule has 1 saturated heterocycles. The second kappa shape index (κ2) is 13.2. The summed E-state index contributed by atoms with van der Waals surface area (Å²) in [5, 5.41) is 3.71. The lowest BCUT2D eigenvalue weighted by atomic mass is 9.89. The van der Waals surface area contributed by atoms with Gasteiger partial charge in [0.05, 0.1) is 18.1 Å². The van der Waals surface area contributed by atoms with Crippen LogP contribution >= 0.6 is 0 Å². The van der Waals surface area contributed by atoms with E-state index in [1.54, 1.807) is 18.2 Å². The summed E-state index contributed by atoms with van der Waals surface area (Å²) in [6.07, 6.45) is 8.80. The number of nitrogens with zero attached hydrogens (tertiary/aromatic N) is 1. The highest BCUT2D eigenvalue weighted by molar-refractivity contribution is 7.89. The van der Waals surface area contributed by atoms with Crippen LogP contribution in [0.5, 0.6) is 5.75 Å². The monoisotopic (exact) mass is 582 g/mol. The van der Waals surface area contributed by atoms with E-state index in [1.165, 1.54) is 16.4 Å². The van der Waals surface area contributed by atoms with Gasteiger partial charge in [0.1, 0.15) is 11.3 Å². The number of unbranched alkanes of at least 4 members (excludes halogenated alkanes) is 3. The van der Waals surface area contributed by atoms with Gasteiger partial charge in [-0.05, 0) is 73.9 Å². The number of amides is 1. The summed E-state index contributed by atoms with van der Waals surface area (Å²) in [5.41, 5.74) is 3.40. The van der Waals surface area contributed by atoms with Crippen LogP contribution in [0.4, 0.5) is 5.69 Å². The van der Waals surface area contributed by atoms with Crippen LogP contribution in [0.15, 0.2) is 50.5 Å². The highest BCUT2D eigenvalue weighted by Gasteiger charge is 2.26. The van der Waals surface area contributed by atoms with Gasteiger partial charge in [-0.1, -0.05) is 32.3 Å². The number of anilines is 1. The molecule has 1 N–H and O–H groups in total. The zero-order chi connectivity index (χ0) is 28.8. The topological polar surface area (TPSA) is 115 Å². The quantitative estimate of drug-likeness (QED) is 0.254. The first-order valence-corrected chi connectivity index (χ1v) is 16.0. The molecule has 1 aliphatic heterocycles. The van der Waals surface area contributed by atoms with Gasteiger partial charge in [-0.2, -0.15) is 4.31 Å². The molecule has 0 radical (unpaired) electrons. The SMILES string of the molecule is CCCCCCc1cc2c3c(c(=O)oc2cc1OCC(=O)Nc1cccc(S(=O)(=O)N2CCOCC2)c1)CCCC3. The molecule has 0 unspecified atom stereocenters. The third kappa shape index (κ3) is 6.82. The molecule has 0 bridgehead atoms. The van der Waals surface area contributed by atoms with Crippen molar-refractivity contribution in [3.63, 3.8) is 0 Å². The van der Waals surface area contributed by atoms with E-state index < -0.39 is 15.9 Å². The van der Waals surface area contributed by atoms with Gasteiger partial charge in [-0.3, -0.25) is 4.79 Å². The molecule has 41 heavy (non-hydrogen) atoms. The molecular formula is C31H38N2O7S. The number of sulfonamides is 1. The van der Waals surface area contributed by atoms with Gasteiger partial charge in [0.2, 0.25) is 10.0 Å². The number of carbonyl (C=O) groups is 1. The van der Waals surface area contributed by atoms with Crippen molar-refractivity contribution in [2.75, 3.05) is 38.2 Å². The molecule has 1 amide bonds. The fourth-order valence-corrected chi connectivity index (χ4v) is 7.05. The number of hydrogen-bond acceptors (Lipinski definition) is 7. The second-order valence-corrected chi connectivity index (χ2v) is 12.6. The average molecular weight is 583 g/mol. The Morgan fingerprint density at radius 3 is 2.59 bits per heavy atom. The minimum atomic E-state index is -3.69. The van der Waals surface area contributed by atoms with Crippen molar-refractivity contribution >= 4 is 32.6 Å². The van der Waals surface area contributed by atoms with E-state index in [0.29, 0.717) is 43.3 Å². The largest absolute Gasteiger partial charge is 0.483 e. The Balaban J connectivity index is 1.33. The second-order valence-electron chi connectivity index (χ2n) is 10.7. The first-order valence-electron chi connectivity index (χ1n) is 14.6. The van der Waals surface area contributed by atoms with Gasteiger partial charge < -0.3 is 19.2 Å². The van der Waals surface area contributed by atoms with Crippen LogP contribution in [0.2, 0.25) is 0 Å². The molecule has 2 aromatic carbocycles. The fraction of sp³-hybridized carbons (Fsp3) is 0.484. The molecule has 2 aliphatic rings. The van der Waals surface area contributed by atoms with Crippen LogP contribution < -0.4 is 15.7 Å². The zero-order valence-corrected chi connectivity index (χ0v) is 24.4. The van der Waals surface area contributed by atoms with Crippen molar-refractivity contribution in [3.05, 3.63) is 63.5 Å². The van der Waals surface area contributed by atoms with Crippen LogP contribution in [0.25, 0.3) is 11.0 Å². The molecule has 10 heteroatoms. The van der Waals surface area contributed by atoms with Crippen molar-refractivity contribution in [2.45, 2.75) is 69.6 Å². The molecule has 3 aromatic rings. The first kappa shape index (κ1) is 29.3. The Hall–Kier alpha value is -3.21. The van der Waals surface area contributed by atoms with Gasteiger partial charge in [-0.15, -0.1) is 0 Å². The smallest absolute Gasteiger partial charge is 0.339 e. The number of rotatable bonds is 11. The van der Waals surface area contributed by atoms with Gasteiger partial charge in [0.25, 0.3) is 5.91 Å². The number of carbonyl (C=O) groups excluding carboxylic acids is 1. The van der Waals surface area contributed by atoms with Crippen molar-refractivity contribution in [1.29, 1.82) is 0 Å². The maximum atomic E-state index is 13.0. The number of ether oxygens (including phenoxy) is 2. The summed E-state index contributed by atoms with van der Waals surface area (Å²) < 4.78 is 44.4. The summed E-state index contributed by atoms with van der Waals surface area (Å²) in [4.78, 5) is 25.7. The highest BCUT2D eigenvalue weighted by atomic mass is 32.2. The molecule has 0 spiro atoms. The van der Waals surface area contributed by atoms with Gasteiger partial charge in [0, 0.05) is 35.8 Å². The van der Waals surface area contributed by atoms with Crippen molar-refractivity contribution in [3.8, 4) is 5.75 Å². The van der Waals surface area contributed by atoms with Crippen molar-refractivity contribution in [1.82, 2.24) is 4.31 Å². The number of benzene rings is 2. The van der Waals surface area contributed by atoms with Gasteiger partial charge >= 0.3 is 5.63 Å². The van der Waals surface area contributed by atoms with E-state index in [4.69, 9.17) is 13.9 Å².